The van der Waals surface area contributed by atoms with Crippen molar-refractivity contribution in [2.75, 3.05) is 0 Å². The molecule has 1 N–H and O–H groups in total. The summed E-state index contributed by atoms with van der Waals surface area (Å²) < 4.78 is 0. The lowest BCUT2D eigenvalue weighted by Gasteiger charge is -2.19. The van der Waals surface area contributed by atoms with Crippen molar-refractivity contribution in [3.8, 4) is 0 Å². The summed E-state index contributed by atoms with van der Waals surface area (Å²) in [7, 11) is 0. The Balaban J connectivity index is 3.40. The maximum absolute atomic E-state index is 9.83. The second-order valence-corrected chi connectivity index (χ2v) is 6.61. The molecular weight excluding hydrogens is 244 g/mol. The van der Waals surface area contributed by atoms with Gasteiger partial charge in [-0.1, -0.05) is 90.9 Å². The van der Waals surface area contributed by atoms with Crippen molar-refractivity contribution in [1.29, 1.82) is 0 Å². The Morgan fingerprint density at radius 3 is 1.40 bits per heavy atom. The summed E-state index contributed by atoms with van der Waals surface area (Å²) >= 11 is 0. The fourth-order valence-corrected chi connectivity index (χ4v) is 3.00. The molecule has 0 amide bonds. The Hall–Kier alpha value is -0.0400. The van der Waals surface area contributed by atoms with E-state index in [0.717, 1.165) is 0 Å². The third-order valence-electron chi connectivity index (χ3n) is 4.54. The molecule has 0 rings (SSSR count). The van der Waals surface area contributed by atoms with Gasteiger partial charge in [-0.15, -0.1) is 0 Å². The lowest BCUT2D eigenvalue weighted by atomic mass is 9.90. The third-order valence-corrected chi connectivity index (χ3v) is 4.54. The van der Waals surface area contributed by atoms with Crippen molar-refractivity contribution >= 4 is 0 Å². The topological polar surface area (TPSA) is 20.2 Å². The fraction of sp³-hybridized carbons (Fsp3) is 1.00. The van der Waals surface area contributed by atoms with Crippen LogP contribution in [-0.4, -0.2) is 11.2 Å². The van der Waals surface area contributed by atoms with Gasteiger partial charge in [0, 0.05) is 0 Å². The molecule has 1 nitrogen and oxygen atoms in total. The van der Waals surface area contributed by atoms with Gasteiger partial charge in [-0.05, 0) is 25.7 Å². The quantitative estimate of drug-likeness (QED) is 0.341. The van der Waals surface area contributed by atoms with Crippen molar-refractivity contribution in [2.45, 2.75) is 117 Å². The van der Waals surface area contributed by atoms with E-state index in [1.807, 2.05) is 6.92 Å². The van der Waals surface area contributed by atoms with Gasteiger partial charge < -0.3 is 5.11 Å². The first-order chi connectivity index (χ1) is 9.72. The van der Waals surface area contributed by atoms with Crippen LogP contribution in [0, 0.1) is 5.92 Å². The molecule has 0 radical (unpaired) electrons. The zero-order chi connectivity index (χ0) is 15.1. The first kappa shape index (κ1) is 20.0. The van der Waals surface area contributed by atoms with Crippen LogP contribution in [-0.2, 0) is 0 Å². The maximum Gasteiger partial charge on any atom is 0.0540 e. The molecule has 0 heterocycles. The molecule has 0 fully saturated rings. The van der Waals surface area contributed by atoms with E-state index in [-0.39, 0.29) is 6.10 Å². The van der Waals surface area contributed by atoms with E-state index < -0.39 is 0 Å². The monoisotopic (exact) mass is 284 g/mol. The summed E-state index contributed by atoms with van der Waals surface area (Å²) in [4.78, 5) is 0. The predicted octanol–water partition coefficient (Wildman–Crippen LogP) is 6.48. The third kappa shape index (κ3) is 13.0. The van der Waals surface area contributed by atoms with E-state index in [2.05, 4.69) is 13.8 Å². The second kappa shape index (κ2) is 15.4. The molecule has 2 atom stereocenters. The van der Waals surface area contributed by atoms with Crippen LogP contribution in [0.3, 0.4) is 0 Å². The minimum Gasteiger partial charge on any atom is -0.393 e. The number of rotatable bonds is 15. The zero-order valence-electron chi connectivity index (χ0n) is 14.5. The number of hydrogen-bond acceptors (Lipinski definition) is 1. The van der Waals surface area contributed by atoms with Gasteiger partial charge in [-0.3, -0.25) is 0 Å². The van der Waals surface area contributed by atoms with Crippen LogP contribution in [0.5, 0.6) is 0 Å². The molecule has 2 unspecified atom stereocenters. The van der Waals surface area contributed by atoms with Gasteiger partial charge in [-0.2, -0.15) is 0 Å². The van der Waals surface area contributed by atoms with E-state index in [4.69, 9.17) is 0 Å². The summed E-state index contributed by atoms with van der Waals surface area (Å²) in [5.41, 5.74) is 0. The van der Waals surface area contributed by atoms with Crippen LogP contribution in [0.1, 0.15) is 111 Å². The summed E-state index contributed by atoms with van der Waals surface area (Å²) in [6.45, 7) is 6.50. The average Bonchev–Trinajstić information content (AvgIpc) is 2.43. The summed E-state index contributed by atoms with van der Waals surface area (Å²) in [5.74, 6) is 0.547. The molecule has 0 aliphatic heterocycles. The number of hydrogen-bond donors (Lipinski definition) is 1. The van der Waals surface area contributed by atoms with Crippen molar-refractivity contribution < 1.29 is 5.11 Å². The Bertz CT molecular complexity index is 177. The Morgan fingerprint density at radius 2 is 0.950 bits per heavy atom. The van der Waals surface area contributed by atoms with Crippen LogP contribution in [0.4, 0.5) is 0 Å². The number of unbranched alkanes of at least 4 members (excludes halogenated alkanes) is 10. The minimum atomic E-state index is -0.110. The molecule has 0 aliphatic rings. The van der Waals surface area contributed by atoms with Crippen molar-refractivity contribution in [2.24, 2.45) is 5.92 Å². The Morgan fingerprint density at radius 1 is 0.600 bits per heavy atom. The standard InChI is InChI=1S/C19H40O/c1-4-6-8-9-10-11-12-13-15-17-19(18(3)20)16-14-7-5-2/h18-20H,4-17H2,1-3H3. The number of aliphatic hydroxyl groups is 1. The summed E-state index contributed by atoms with van der Waals surface area (Å²) in [6, 6.07) is 0. The van der Waals surface area contributed by atoms with Gasteiger partial charge >= 0.3 is 0 Å². The lowest BCUT2D eigenvalue weighted by Crippen LogP contribution is -2.16. The molecular formula is C19H40O. The van der Waals surface area contributed by atoms with Crippen molar-refractivity contribution in [3.05, 3.63) is 0 Å². The average molecular weight is 285 g/mol. The van der Waals surface area contributed by atoms with E-state index in [1.54, 1.807) is 0 Å². The van der Waals surface area contributed by atoms with E-state index >= 15 is 0 Å². The smallest absolute Gasteiger partial charge is 0.0540 e. The molecule has 0 spiro atoms. The van der Waals surface area contributed by atoms with Gasteiger partial charge in [0.25, 0.3) is 0 Å². The SMILES string of the molecule is CCCCCCCCCCCC(CCCCC)C(C)O. The molecule has 20 heavy (non-hydrogen) atoms. The van der Waals surface area contributed by atoms with Crippen molar-refractivity contribution in [1.82, 2.24) is 0 Å². The van der Waals surface area contributed by atoms with Gasteiger partial charge in [-0.25, -0.2) is 0 Å². The molecule has 0 saturated carbocycles. The van der Waals surface area contributed by atoms with Crippen LogP contribution < -0.4 is 0 Å². The highest BCUT2D eigenvalue weighted by molar-refractivity contribution is 4.65. The van der Waals surface area contributed by atoms with Crippen LogP contribution in [0.15, 0.2) is 0 Å². The normalized spacial score (nSPS) is 14.4. The highest BCUT2D eigenvalue weighted by atomic mass is 16.3. The minimum absolute atomic E-state index is 0.110. The molecule has 0 aromatic heterocycles. The molecule has 0 saturated heterocycles. The summed E-state index contributed by atoms with van der Waals surface area (Å²) in [5, 5.41) is 9.83. The lowest BCUT2D eigenvalue weighted by molar-refractivity contribution is 0.111. The van der Waals surface area contributed by atoms with E-state index in [9.17, 15) is 5.11 Å². The van der Waals surface area contributed by atoms with Gasteiger partial charge in [0.1, 0.15) is 0 Å². The largest absolute Gasteiger partial charge is 0.393 e. The molecule has 0 bridgehead atoms. The fourth-order valence-electron chi connectivity index (χ4n) is 3.00. The van der Waals surface area contributed by atoms with Gasteiger partial charge in [0.05, 0.1) is 6.10 Å². The van der Waals surface area contributed by atoms with E-state index in [0.29, 0.717) is 5.92 Å². The Kier molecular flexibility index (Phi) is 15.3. The molecule has 0 aromatic carbocycles. The maximum atomic E-state index is 9.83. The highest BCUT2D eigenvalue weighted by Crippen LogP contribution is 2.21. The molecule has 0 aliphatic carbocycles. The van der Waals surface area contributed by atoms with Crippen LogP contribution >= 0.6 is 0 Å². The van der Waals surface area contributed by atoms with E-state index in [1.165, 1.54) is 89.9 Å². The Labute approximate surface area is 128 Å². The highest BCUT2D eigenvalue weighted by Gasteiger charge is 2.13. The van der Waals surface area contributed by atoms with Crippen molar-refractivity contribution in [3.63, 3.8) is 0 Å². The summed E-state index contributed by atoms with van der Waals surface area (Å²) in [6.07, 6.45) is 18.8. The van der Waals surface area contributed by atoms with Gasteiger partial charge in [0.15, 0.2) is 0 Å². The first-order valence-electron chi connectivity index (χ1n) is 9.40. The molecule has 122 valence electrons. The zero-order valence-corrected chi connectivity index (χ0v) is 14.5. The van der Waals surface area contributed by atoms with Crippen LogP contribution in [0.25, 0.3) is 0 Å². The molecule has 0 aromatic rings. The molecule has 1 heteroatoms. The predicted molar refractivity (Wildman–Crippen MR) is 91.2 cm³/mol. The van der Waals surface area contributed by atoms with Gasteiger partial charge in [0.2, 0.25) is 0 Å². The van der Waals surface area contributed by atoms with Crippen LogP contribution in [0.2, 0.25) is 0 Å². The second-order valence-electron chi connectivity index (χ2n) is 6.61. The number of aliphatic hydroxyl groups excluding tert-OH is 1. The first-order valence-corrected chi connectivity index (χ1v) is 9.40.